The van der Waals surface area contributed by atoms with Gasteiger partial charge in [0.2, 0.25) is 15.9 Å². The number of hydrogen-bond donors (Lipinski definition) is 2. The molecule has 1 amide bonds. The predicted molar refractivity (Wildman–Crippen MR) is 89.7 cm³/mol. The fourth-order valence-electron chi connectivity index (χ4n) is 2.66. The molecule has 1 fully saturated rings. The number of carbonyl (C=O) groups excluding carboxylic acids is 1. The topological polar surface area (TPSA) is 113 Å². The standard InChI is InChI=1S/C16H22N2O6S/c1-11(16(20)21)17-15(19)12-4-3-9-18(10-12)25(22,23)14-7-5-13(24-2)6-8-14/h5-8,11-12H,3-4,9-10H2,1-2H3,(H,17,19)(H,20,21)/t11-,12-/m0/s1. The minimum absolute atomic E-state index is 0.0343. The van der Waals surface area contributed by atoms with E-state index in [2.05, 4.69) is 5.32 Å². The summed E-state index contributed by atoms with van der Waals surface area (Å²) in [6.07, 6.45) is 1.06. The van der Waals surface area contributed by atoms with Crippen LogP contribution in [-0.4, -0.2) is 55.9 Å². The molecule has 0 spiro atoms. The number of nitrogens with zero attached hydrogens (tertiary/aromatic N) is 1. The van der Waals surface area contributed by atoms with Crippen molar-refractivity contribution in [1.82, 2.24) is 9.62 Å². The number of methoxy groups -OCH3 is 1. The zero-order valence-corrected chi connectivity index (χ0v) is 15.0. The number of nitrogens with one attached hydrogen (secondary N) is 1. The number of sulfonamides is 1. The van der Waals surface area contributed by atoms with E-state index in [1.807, 2.05) is 0 Å². The summed E-state index contributed by atoms with van der Waals surface area (Å²) in [6.45, 7) is 1.73. The molecule has 1 aliphatic rings. The Kier molecular flexibility index (Phi) is 6.02. The van der Waals surface area contributed by atoms with Crippen LogP contribution in [0, 0.1) is 5.92 Å². The zero-order valence-electron chi connectivity index (χ0n) is 14.1. The summed E-state index contributed by atoms with van der Waals surface area (Å²) >= 11 is 0. The molecule has 8 nitrogen and oxygen atoms in total. The average Bonchev–Trinajstić information content (AvgIpc) is 2.61. The molecule has 0 aliphatic carbocycles. The molecule has 9 heteroatoms. The van der Waals surface area contributed by atoms with Gasteiger partial charge < -0.3 is 15.2 Å². The van der Waals surface area contributed by atoms with Crippen molar-refractivity contribution in [3.63, 3.8) is 0 Å². The normalized spacial score (nSPS) is 19.8. The maximum Gasteiger partial charge on any atom is 0.325 e. The fraction of sp³-hybridized carbons (Fsp3) is 0.500. The van der Waals surface area contributed by atoms with Crippen LogP contribution in [-0.2, 0) is 19.6 Å². The van der Waals surface area contributed by atoms with E-state index in [9.17, 15) is 18.0 Å². The van der Waals surface area contributed by atoms with Crippen molar-refractivity contribution in [3.05, 3.63) is 24.3 Å². The van der Waals surface area contributed by atoms with Crippen LogP contribution in [0.15, 0.2) is 29.2 Å². The molecule has 2 rings (SSSR count). The monoisotopic (exact) mass is 370 g/mol. The number of amides is 1. The Balaban J connectivity index is 2.11. The first-order valence-corrected chi connectivity index (χ1v) is 9.37. The van der Waals surface area contributed by atoms with E-state index in [0.29, 0.717) is 25.1 Å². The number of ether oxygens (including phenoxy) is 1. The molecule has 1 aromatic carbocycles. The lowest BCUT2D eigenvalue weighted by Crippen LogP contribution is -2.48. The van der Waals surface area contributed by atoms with Crippen molar-refractivity contribution in [3.8, 4) is 5.75 Å². The van der Waals surface area contributed by atoms with Gasteiger partial charge in [0.05, 0.1) is 17.9 Å². The Hall–Kier alpha value is -2.13. The summed E-state index contributed by atoms with van der Waals surface area (Å²) in [6, 6.07) is 5.04. The summed E-state index contributed by atoms with van der Waals surface area (Å²) < 4.78 is 31.8. The van der Waals surface area contributed by atoms with Crippen LogP contribution in [0.3, 0.4) is 0 Å². The lowest BCUT2D eigenvalue weighted by Gasteiger charge is -2.31. The van der Waals surface area contributed by atoms with Crippen molar-refractivity contribution in [2.45, 2.75) is 30.7 Å². The Bertz CT molecular complexity index is 731. The number of aliphatic carboxylic acids is 1. The molecule has 138 valence electrons. The van der Waals surface area contributed by atoms with Crippen LogP contribution in [0.5, 0.6) is 5.75 Å². The fourth-order valence-corrected chi connectivity index (χ4v) is 4.19. The molecule has 2 atom stereocenters. The van der Waals surface area contributed by atoms with Gasteiger partial charge in [0.1, 0.15) is 11.8 Å². The van der Waals surface area contributed by atoms with Crippen molar-refractivity contribution in [2.75, 3.05) is 20.2 Å². The Labute approximate surface area is 146 Å². The van der Waals surface area contributed by atoms with E-state index in [1.165, 1.54) is 30.5 Å². The molecule has 2 N–H and O–H groups in total. The molecule has 0 aromatic heterocycles. The molecule has 1 saturated heterocycles. The zero-order chi connectivity index (χ0) is 18.6. The van der Waals surface area contributed by atoms with Crippen LogP contribution < -0.4 is 10.1 Å². The van der Waals surface area contributed by atoms with Gasteiger partial charge in [-0.25, -0.2) is 8.42 Å². The second-order valence-electron chi connectivity index (χ2n) is 5.95. The Morgan fingerprint density at radius 2 is 1.96 bits per heavy atom. The van der Waals surface area contributed by atoms with Gasteiger partial charge in [-0.1, -0.05) is 0 Å². The van der Waals surface area contributed by atoms with Crippen molar-refractivity contribution >= 4 is 21.9 Å². The Morgan fingerprint density at radius 1 is 1.32 bits per heavy atom. The Morgan fingerprint density at radius 3 is 2.52 bits per heavy atom. The number of piperidine rings is 1. The van der Waals surface area contributed by atoms with Gasteiger partial charge in [0, 0.05) is 13.1 Å². The second kappa shape index (κ2) is 7.83. The summed E-state index contributed by atoms with van der Waals surface area (Å²) in [5, 5.41) is 11.3. The summed E-state index contributed by atoms with van der Waals surface area (Å²) in [5.74, 6) is -1.59. The van der Waals surface area contributed by atoms with Gasteiger partial charge >= 0.3 is 5.97 Å². The van der Waals surface area contributed by atoms with Crippen LogP contribution in [0.2, 0.25) is 0 Å². The third-order valence-corrected chi connectivity index (χ3v) is 6.06. The SMILES string of the molecule is COc1ccc(S(=O)(=O)N2CCC[C@H](C(=O)N[C@@H](C)C(=O)O)C2)cc1. The molecule has 1 aromatic rings. The van der Waals surface area contributed by atoms with E-state index < -0.39 is 33.9 Å². The van der Waals surface area contributed by atoms with E-state index in [4.69, 9.17) is 9.84 Å². The first-order valence-electron chi connectivity index (χ1n) is 7.93. The van der Waals surface area contributed by atoms with E-state index >= 15 is 0 Å². The number of rotatable bonds is 6. The number of carbonyl (C=O) groups is 2. The van der Waals surface area contributed by atoms with Gasteiger partial charge in [-0.3, -0.25) is 9.59 Å². The first-order chi connectivity index (χ1) is 11.8. The number of benzene rings is 1. The molecule has 1 heterocycles. The smallest absolute Gasteiger partial charge is 0.325 e. The highest BCUT2D eigenvalue weighted by molar-refractivity contribution is 7.89. The molecular weight excluding hydrogens is 348 g/mol. The van der Waals surface area contributed by atoms with Gasteiger partial charge in [0.15, 0.2) is 0 Å². The molecule has 0 radical (unpaired) electrons. The lowest BCUT2D eigenvalue weighted by molar-refractivity contribution is -0.142. The molecule has 0 saturated carbocycles. The second-order valence-corrected chi connectivity index (χ2v) is 7.88. The predicted octanol–water partition coefficient (Wildman–Crippen LogP) is 0.685. The van der Waals surface area contributed by atoms with Crippen LogP contribution in [0.4, 0.5) is 0 Å². The minimum atomic E-state index is -3.72. The number of carboxylic acids is 1. The lowest BCUT2D eigenvalue weighted by atomic mass is 9.98. The van der Waals surface area contributed by atoms with E-state index in [1.54, 1.807) is 12.1 Å². The van der Waals surface area contributed by atoms with Crippen LogP contribution >= 0.6 is 0 Å². The van der Waals surface area contributed by atoms with Crippen LogP contribution in [0.25, 0.3) is 0 Å². The highest BCUT2D eigenvalue weighted by Gasteiger charge is 2.34. The van der Waals surface area contributed by atoms with Crippen molar-refractivity contribution in [1.29, 1.82) is 0 Å². The molecule has 1 aliphatic heterocycles. The number of hydrogen-bond acceptors (Lipinski definition) is 5. The molecular formula is C16H22N2O6S. The minimum Gasteiger partial charge on any atom is -0.497 e. The third-order valence-electron chi connectivity index (χ3n) is 4.18. The van der Waals surface area contributed by atoms with Gasteiger partial charge in [0.25, 0.3) is 0 Å². The van der Waals surface area contributed by atoms with Gasteiger partial charge in [-0.05, 0) is 44.0 Å². The highest BCUT2D eigenvalue weighted by Crippen LogP contribution is 2.25. The maximum atomic E-state index is 12.7. The maximum absolute atomic E-state index is 12.7. The van der Waals surface area contributed by atoms with Crippen molar-refractivity contribution in [2.24, 2.45) is 5.92 Å². The largest absolute Gasteiger partial charge is 0.497 e. The first kappa shape index (κ1) is 19.2. The highest BCUT2D eigenvalue weighted by atomic mass is 32.2. The number of carboxylic acid groups (broad SMARTS) is 1. The quantitative estimate of drug-likeness (QED) is 0.762. The summed E-state index contributed by atoms with van der Waals surface area (Å²) in [4.78, 5) is 23.2. The average molecular weight is 370 g/mol. The van der Waals surface area contributed by atoms with Gasteiger partial charge in [-0.15, -0.1) is 0 Å². The summed E-state index contributed by atoms with van der Waals surface area (Å²) in [5.41, 5.74) is 0. The third kappa shape index (κ3) is 4.49. The van der Waals surface area contributed by atoms with Gasteiger partial charge in [-0.2, -0.15) is 4.31 Å². The molecule has 25 heavy (non-hydrogen) atoms. The van der Waals surface area contributed by atoms with Crippen LogP contribution in [0.1, 0.15) is 19.8 Å². The van der Waals surface area contributed by atoms with E-state index in [-0.39, 0.29) is 11.4 Å². The molecule has 0 unspecified atom stereocenters. The van der Waals surface area contributed by atoms with Crippen molar-refractivity contribution < 1.29 is 27.9 Å². The van der Waals surface area contributed by atoms with E-state index in [0.717, 1.165) is 0 Å². The molecule has 0 bridgehead atoms. The summed E-state index contributed by atoms with van der Waals surface area (Å²) in [7, 11) is -2.22.